The van der Waals surface area contributed by atoms with E-state index in [1.165, 1.54) is 17.7 Å². The molecule has 3 aromatic heterocycles. The first kappa shape index (κ1) is 18.6. The molecule has 8 nitrogen and oxygen atoms in total. The van der Waals surface area contributed by atoms with Gasteiger partial charge in [-0.05, 0) is 61.7 Å². The van der Waals surface area contributed by atoms with Crippen LogP contribution >= 0.6 is 11.3 Å². The van der Waals surface area contributed by atoms with Gasteiger partial charge in [-0.15, -0.1) is 11.3 Å². The number of hydrogen-bond donors (Lipinski definition) is 2. The first-order valence-corrected chi connectivity index (χ1v) is 9.70. The fourth-order valence-corrected chi connectivity index (χ4v) is 3.33. The number of aromatic nitrogens is 4. The van der Waals surface area contributed by atoms with Gasteiger partial charge in [-0.25, -0.2) is 19.4 Å². The summed E-state index contributed by atoms with van der Waals surface area (Å²) in [4.78, 5) is 20.4. The third-order valence-electron chi connectivity index (χ3n) is 3.95. The highest BCUT2D eigenvalue weighted by molar-refractivity contribution is 7.14. The van der Waals surface area contributed by atoms with Crippen molar-refractivity contribution in [3.63, 3.8) is 0 Å². The van der Waals surface area contributed by atoms with Gasteiger partial charge in [-0.1, -0.05) is 0 Å². The van der Waals surface area contributed by atoms with Crippen molar-refractivity contribution in [3.8, 4) is 17.4 Å². The fraction of sp³-hybridized carbons (Fsp3) is 0.100. The second-order valence-electron chi connectivity index (χ2n) is 6.24. The molecule has 0 radical (unpaired) electrons. The quantitative estimate of drug-likeness (QED) is 0.498. The molecule has 2 N–H and O–H groups in total. The number of urea groups is 1. The largest absolute Gasteiger partial charge is 0.439 e. The number of carbonyl (C=O) groups is 1. The number of hydrogen-bond acceptors (Lipinski definition) is 6. The van der Waals surface area contributed by atoms with Gasteiger partial charge in [0, 0.05) is 17.4 Å². The predicted molar refractivity (Wildman–Crippen MR) is 112 cm³/mol. The maximum absolute atomic E-state index is 12.0. The summed E-state index contributed by atoms with van der Waals surface area (Å²) in [5.41, 5.74) is 2.54. The van der Waals surface area contributed by atoms with Crippen LogP contribution in [-0.4, -0.2) is 25.8 Å². The van der Waals surface area contributed by atoms with E-state index in [-0.39, 0.29) is 6.03 Å². The number of thiophene rings is 1. The lowest BCUT2D eigenvalue weighted by Gasteiger charge is -2.09. The Kier molecular flexibility index (Phi) is 5.21. The van der Waals surface area contributed by atoms with Crippen LogP contribution in [0.4, 0.5) is 15.5 Å². The zero-order valence-corrected chi connectivity index (χ0v) is 16.6. The standard InChI is InChI=1S/C20H18N6O2S/c1-13-10-14(2)26(25-13)17-11-18(22-12-21-17)28-16-7-5-15(6-8-16)23-20(27)24-19-4-3-9-29-19/h3-12H,1-2H3,(H2,23,24,27). The lowest BCUT2D eigenvalue weighted by Crippen LogP contribution is -2.18. The van der Waals surface area contributed by atoms with Gasteiger partial charge in [0.1, 0.15) is 12.1 Å². The topological polar surface area (TPSA) is 94.0 Å². The summed E-state index contributed by atoms with van der Waals surface area (Å²) >= 11 is 1.46. The average Bonchev–Trinajstić information content (AvgIpc) is 3.32. The second kappa shape index (κ2) is 8.11. The lowest BCUT2D eigenvalue weighted by molar-refractivity contribution is 0.262. The molecule has 0 fully saturated rings. The summed E-state index contributed by atoms with van der Waals surface area (Å²) in [5.74, 6) is 1.62. The van der Waals surface area contributed by atoms with Crippen molar-refractivity contribution in [1.82, 2.24) is 19.7 Å². The molecule has 0 atom stereocenters. The van der Waals surface area contributed by atoms with Crippen molar-refractivity contribution in [2.75, 3.05) is 10.6 Å². The minimum Gasteiger partial charge on any atom is -0.439 e. The Bertz CT molecular complexity index is 1120. The minimum atomic E-state index is -0.300. The predicted octanol–water partition coefficient (Wildman–Crippen LogP) is 4.78. The second-order valence-corrected chi connectivity index (χ2v) is 7.18. The highest BCUT2D eigenvalue weighted by atomic mass is 32.1. The van der Waals surface area contributed by atoms with E-state index < -0.39 is 0 Å². The van der Waals surface area contributed by atoms with Gasteiger partial charge < -0.3 is 10.1 Å². The van der Waals surface area contributed by atoms with E-state index in [1.54, 1.807) is 35.0 Å². The van der Waals surface area contributed by atoms with Crippen LogP contribution in [0.2, 0.25) is 0 Å². The molecule has 0 bridgehead atoms. The Morgan fingerprint density at radius 2 is 1.90 bits per heavy atom. The number of nitrogens with one attached hydrogen (secondary N) is 2. The Morgan fingerprint density at radius 1 is 1.07 bits per heavy atom. The maximum Gasteiger partial charge on any atom is 0.324 e. The van der Waals surface area contributed by atoms with Gasteiger partial charge in [0.05, 0.1) is 10.7 Å². The van der Waals surface area contributed by atoms with Gasteiger partial charge in [0.25, 0.3) is 0 Å². The molecular weight excluding hydrogens is 388 g/mol. The number of aryl methyl sites for hydroxylation is 2. The van der Waals surface area contributed by atoms with Crippen LogP contribution in [0.15, 0.2) is 60.2 Å². The molecule has 0 aliphatic rings. The summed E-state index contributed by atoms with van der Waals surface area (Å²) < 4.78 is 7.55. The first-order valence-electron chi connectivity index (χ1n) is 8.82. The molecule has 0 saturated carbocycles. The zero-order valence-electron chi connectivity index (χ0n) is 15.8. The average molecular weight is 406 g/mol. The molecule has 0 unspecified atom stereocenters. The van der Waals surface area contributed by atoms with Crippen LogP contribution in [0.1, 0.15) is 11.4 Å². The number of anilines is 2. The van der Waals surface area contributed by atoms with Crippen molar-refractivity contribution in [3.05, 3.63) is 71.6 Å². The van der Waals surface area contributed by atoms with E-state index in [0.29, 0.717) is 23.1 Å². The van der Waals surface area contributed by atoms with Crippen molar-refractivity contribution >= 4 is 28.1 Å². The summed E-state index contributed by atoms with van der Waals surface area (Å²) in [6.07, 6.45) is 1.44. The highest BCUT2D eigenvalue weighted by Gasteiger charge is 2.08. The normalized spacial score (nSPS) is 10.6. The number of ether oxygens (including phenoxy) is 1. The smallest absolute Gasteiger partial charge is 0.324 e. The zero-order chi connectivity index (χ0) is 20.2. The molecule has 146 valence electrons. The van der Waals surface area contributed by atoms with E-state index in [1.807, 2.05) is 37.4 Å². The van der Waals surface area contributed by atoms with E-state index in [4.69, 9.17) is 4.74 Å². The van der Waals surface area contributed by atoms with Crippen molar-refractivity contribution < 1.29 is 9.53 Å². The van der Waals surface area contributed by atoms with Gasteiger partial charge >= 0.3 is 6.03 Å². The Morgan fingerprint density at radius 3 is 2.59 bits per heavy atom. The molecule has 0 aliphatic carbocycles. The number of amides is 2. The maximum atomic E-state index is 12.0. The summed E-state index contributed by atoms with van der Waals surface area (Å²) in [7, 11) is 0. The van der Waals surface area contributed by atoms with E-state index >= 15 is 0 Å². The van der Waals surface area contributed by atoms with Gasteiger partial charge in [-0.2, -0.15) is 5.10 Å². The Hall–Kier alpha value is -3.72. The number of benzene rings is 1. The Labute approximate surface area is 171 Å². The highest BCUT2D eigenvalue weighted by Crippen LogP contribution is 2.23. The number of nitrogens with zero attached hydrogens (tertiary/aromatic N) is 4. The van der Waals surface area contributed by atoms with Crippen LogP contribution in [0.25, 0.3) is 5.82 Å². The summed E-state index contributed by atoms with van der Waals surface area (Å²) in [5, 5.41) is 12.6. The Balaban J connectivity index is 1.42. The lowest BCUT2D eigenvalue weighted by atomic mass is 10.3. The molecule has 0 saturated heterocycles. The molecule has 2 amide bonds. The van der Waals surface area contributed by atoms with Gasteiger partial charge in [0.2, 0.25) is 5.88 Å². The summed E-state index contributed by atoms with van der Waals surface area (Å²) in [6, 6.07) is 14.1. The van der Waals surface area contributed by atoms with Crippen LogP contribution in [0, 0.1) is 13.8 Å². The molecule has 1 aromatic carbocycles. The summed E-state index contributed by atoms with van der Waals surface area (Å²) in [6.45, 7) is 3.89. The molecule has 9 heteroatoms. The fourth-order valence-electron chi connectivity index (χ4n) is 2.71. The monoisotopic (exact) mass is 406 g/mol. The van der Waals surface area contributed by atoms with Crippen molar-refractivity contribution in [2.45, 2.75) is 13.8 Å². The third kappa shape index (κ3) is 4.58. The van der Waals surface area contributed by atoms with Crippen LogP contribution in [0.3, 0.4) is 0 Å². The molecular formula is C20H18N6O2S. The van der Waals surface area contributed by atoms with Crippen molar-refractivity contribution in [2.24, 2.45) is 0 Å². The molecule has 4 aromatic rings. The number of rotatable bonds is 5. The van der Waals surface area contributed by atoms with Gasteiger partial charge in [0.15, 0.2) is 5.82 Å². The molecule has 3 heterocycles. The van der Waals surface area contributed by atoms with Crippen LogP contribution in [0.5, 0.6) is 11.6 Å². The van der Waals surface area contributed by atoms with Crippen molar-refractivity contribution in [1.29, 1.82) is 0 Å². The first-order chi connectivity index (χ1) is 14.1. The van der Waals surface area contributed by atoms with E-state index in [2.05, 4.69) is 25.7 Å². The van der Waals surface area contributed by atoms with Crippen LogP contribution < -0.4 is 15.4 Å². The minimum absolute atomic E-state index is 0.300. The van der Waals surface area contributed by atoms with Gasteiger partial charge in [-0.3, -0.25) is 5.32 Å². The molecule has 29 heavy (non-hydrogen) atoms. The molecule has 0 aliphatic heterocycles. The molecule has 0 spiro atoms. The van der Waals surface area contributed by atoms with E-state index in [0.717, 1.165) is 16.4 Å². The number of carbonyl (C=O) groups excluding carboxylic acids is 1. The van der Waals surface area contributed by atoms with Crippen LogP contribution in [-0.2, 0) is 0 Å². The third-order valence-corrected chi connectivity index (χ3v) is 4.73. The van der Waals surface area contributed by atoms with E-state index in [9.17, 15) is 4.79 Å². The molecule has 4 rings (SSSR count). The SMILES string of the molecule is Cc1cc(C)n(-c2cc(Oc3ccc(NC(=O)Nc4cccs4)cc3)ncn2)n1.